The maximum absolute atomic E-state index is 11.3. The molecule has 0 aliphatic carbocycles. The number of rotatable bonds is 7. The predicted molar refractivity (Wildman–Crippen MR) is 77.3 cm³/mol. The maximum Gasteiger partial charge on any atom is 0.320 e. The zero-order chi connectivity index (χ0) is 15.3. The van der Waals surface area contributed by atoms with Crippen LogP contribution in [0.15, 0.2) is 0 Å². The van der Waals surface area contributed by atoms with Crippen LogP contribution in [0.5, 0.6) is 0 Å². The molecule has 116 valence electrons. The summed E-state index contributed by atoms with van der Waals surface area (Å²) in [6.07, 6.45) is 2.47. The lowest BCUT2D eigenvalue weighted by atomic mass is 9.95. The first-order valence-corrected chi connectivity index (χ1v) is 7.34. The van der Waals surface area contributed by atoms with Gasteiger partial charge in [0.25, 0.3) is 0 Å². The van der Waals surface area contributed by atoms with Crippen molar-refractivity contribution in [1.82, 2.24) is 10.2 Å². The van der Waals surface area contributed by atoms with Crippen LogP contribution in [0.3, 0.4) is 0 Å². The highest BCUT2D eigenvalue weighted by atomic mass is 16.4. The third kappa shape index (κ3) is 4.76. The number of carboxylic acid groups (broad SMARTS) is 1. The minimum absolute atomic E-state index is 0.0405. The summed E-state index contributed by atoms with van der Waals surface area (Å²) in [7, 11) is 0. The Labute approximate surface area is 120 Å². The van der Waals surface area contributed by atoms with Crippen LogP contribution in [0.25, 0.3) is 0 Å². The van der Waals surface area contributed by atoms with Crippen LogP contribution >= 0.6 is 0 Å². The molecule has 0 radical (unpaired) electrons. The first-order valence-electron chi connectivity index (χ1n) is 7.34. The summed E-state index contributed by atoms with van der Waals surface area (Å²) in [5.41, 5.74) is 5.89. The van der Waals surface area contributed by atoms with Crippen molar-refractivity contribution in [3.63, 3.8) is 0 Å². The zero-order valence-electron chi connectivity index (χ0n) is 12.6. The van der Waals surface area contributed by atoms with Crippen LogP contribution in [-0.2, 0) is 9.59 Å². The van der Waals surface area contributed by atoms with Gasteiger partial charge in [0.15, 0.2) is 0 Å². The lowest BCUT2D eigenvalue weighted by Crippen LogP contribution is -2.45. The molecule has 0 aromatic carbocycles. The number of hydrogen-bond donors (Lipinski definition) is 3. The Balaban J connectivity index is 2.68. The number of nitrogens with one attached hydrogen (secondary N) is 1. The molecule has 1 aliphatic rings. The number of carboxylic acids is 1. The second-order valence-corrected chi connectivity index (χ2v) is 5.84. The Morgan fingerprint density at radius 3 is 2.65 bits per heavy atom. The van der Waals surface area contributed by atoms with Gasteiger partial charge in [0.1, 0.15) is 6.04 Å². The van der Waals surface area contributed by atoms with E-state index >= 15 is 0 Å². The Morgan fingerprint density at radius 1 is 1.50 bits per heavy atom. The highest BCUT2D eigenvalue weighted by molar-refractivity contribution is 5.74. The standard InChI is InChI=1S/C14H27N3O3/c1-4-5-11(9(2)16-10(3)18)7-17-8-12(15)6-13(17)14(19)20/h9,11-13H,4-8,15H2,1-3H3,(H,16,18)(H,19,20)/t9?,11-,12?,13?/m0/s1. The quantitative estimate of drug-likeness (QED) is 0.630. The van der Waals surface area contributed by atoms with E-state index in [0.717, 1.165) is 12.8 Å². The van der Waals surface area contributed by atoms with Crippen molar-refractivity contribution in [2.24, 2.45) is 11.7 Å². The molecule has 1 aliphatic heterocycles. The average Bonchev–Trinajstić information content (AvgIpc) is 2.69. The topological polar surface area (TPSA) is 95.7 Å². The normalized spacial score (nSPS) is 26.2. The van der Waals surface area contributed by atoms with Gasteiger partial charge in [-0.1, -0.05) is 13.3 Å². The van der Waals surface area contributed by atoms with Gasteiger partial charge >= 0.3 is 5.97 Å². The zero-order valence-corrected chi connectivity index (χ0v) is 12.6. The second-order valence-electron chi connectivity index (χ2n) is 5.84. The number of nitrogens with two attached hydrogens (primary N) is 1. The SMILES string of the molecule is CCC[C@@H](CN1CC(N)CC1C(=O)O)C(C)NC(C)=O. The van der Waals surface area contributed by atoms with Crippen LogP contribution in [0, 0.1) is 5.92 Å². The van der Waals surface area contributed by atoms with Gasteiger partial charge < -0.3 is 16.2 Å². The fraction of sp³-hybridized carbons (Fsp3) is 0.857. The van der Waals surface area contributed by atoms with Gasteiger partial charge in [-0.2, -0.15) is 0 Å². The second kappa shape index (κ2) is 7.59. The van der Waals surface area contributed by atoms with Gasteiger partial charge in [0, 0.05) is 32.1 Å². The van der Waals surface area contributed by atoms with E-state index in [2.05, 4.69) is 12.2 Å². The Bertz CT molecular complexity index is 349. The van der Waals surface area contributed by atoms with Crippen LogP contribution in [-0.4, -0.2) is 53.1 Å². The van der Waals surface area contributed by atoms with Crippen LogP contribution < -0.4 is 11.1 Å². The minimum atomic E-state index is -0.805. The molecule has 1 amide bonds. The molecule has 1 heterocycles. The highest BCUT2D eigenvalue weighted by Gasteiger charge is 2.36. The van der Waals surface area contributed by atoms with Crippen molar-refractivity contribution in [2.75, 3.05) is 13.1 Å². The maximum atomic E-state index is 11.3. The molecule has 6 heteroatoms. The number of nitrogens with zero attached hydrogens (tertiary/aromatic N) is 1. The summed E-state index contributed by atoms with van der Waals surface area (Å²) in [5.74, 6) is -0.608. The molecule has 4 N–H and O–H groups in total. The number of aliphatic carboxylic acids is 1. The van der Waals surface area contributed by atoms with E-state index in [9.17, 15) is 14.7 Å². The molecule has 3 unspecified atom stereocenters. The monoisotopic (exact) mass is 285 g/mol. The number of carbonyl (C=O) groups excluding carboxylic acids is 1. The molecule has 0 bridgehead atoms. The van der Waals surface area contributed by atoms with Crippen molar-refractivity contribution >= 4 is 11.9 Å². The van der Waals surface area contributed by atoms with Gasteiger partial charge in [-0.15, -0.1) is 0 Å². The summed E-state index contributed by atoms with van der Waals surface area (Å²) >= 11 is 0. The molecule has 20 heavy (non-hydrogen) atoms. The van der Waals surface area contributed by atoms with Crippen LogP contribution in [0.4, 0.5) is 0 Å². The molecular weight excluding hydrogens is 258 g/mol. The minimum Gasteiger partial charge on any atom is -0.480 e. The summed E-state index contributed by atoms with van der Waals surface area (Å²) < 4.78 is 0. The fourth-order valence-corrected chi connectivity index (χ4v) is 3.01. The van der Waals surface area contributed by atoms with Gasteiger partial charge in [0.05, 0.1) is 0 Å². The summed E-state index contributed by atoms with van der Waals surface area (Å²) in [5, 5.41) is 12.2. The third-order valence-corrected chi connectivity index (χ3v) is 3.99. The van der Waals surface area contributed by atoms with E-state index in [4.69, 9.17) is 5.73 Å². The Kier molecular flexibility index (Phi) is 6.42. The number of likely N-dealkylation sites (tertiary alicyclic amines) is 1. The first-order chi connectivity index (χ1) is 9.35. The van der Waals surface area contributed by atoms with Crippen molar-refractivity contribution < 1.29 is 14.7 Å². The predicted octanol–water partition coefficient (Wildman–Crippen LogP) is 0.414. The smallest absolute Gasteiger partial charge is 0.320 e. The van der Waals surface area contributed by atoms with Crippen molar-refractivity contribution in [1.29, 1.82) is 0 Å². The molecule has 0 spiro atoms. The summed E-state index contributed by atoms with van der Waals surface area (Å²) in [6, 6.07) is -0.526. The van der Waals surface area contributed by atoms with E-state index in [-0.39, 0.29) is 23.9 Å². The van der Waals surface area contributed by atoms with Gasteiger partial charge in [-0.05, 0) is 25.7 Å². The lowest BCUT2D eigenvalue weighted by Gasteiger charge is -2.30. The molecule has 0 saturated carbocycles. The first kappa shape index (κ1) is 16.9. The summed E-state index contributed by atoms with van der Waals surface area (Å²) in [4.78, 5) is 24.4. The Hall–Kier alpha value is -1.14. The fourth-order valence-electron chi connectivity index (χ4n) is 3.01. The van der Waals surface area contributed by atoms with E-state index in [1.54, 1.807) is 0 Å². The van der Waals surface area contributed by atoms with Crippen molar-refractivity contribution in [3.8, 4) is 0 Å². The van der Waals surface area contributed by atoms with E-state index in [1.165, 1.54) is 6.92 Å². The van der Waals surface area contributed by atoms with Crippen molar-refractivity contribution in [2.45, 2.75) is 58.2 Å². The van der Waals surface area contributed by atoms with Crippen molar-refractivity contribution in [3.05, 3.63) is 0 Å². The lowest BCUT2D eigenvalue weighted by molar-refractivity contribution is -0.142. The molecule has 1 fully saturated rings. The number of amides is 1. The Morgan fingerprint density at radius 2 is 2.15 bits per heavy atom. The van der Waals surface area contributed by atoms with Gasteiger partial charge in [0.2, 0.25) is 5.91 Å². The highest BCUT2D eigenvalue weighted by Crippen LogP contribution is 2.22. The third-order valence-electron chi connectivity index (χ3n) is 3.99. The largest absolute Gasteiger partial charge is 0.480 e. The number of hydrogen-bond acceptors (Lipinski definition) is 4. The molecular formula is C14H27N3O3. The van der Waals surface area contributed by atoms with Gasteiger partial charge in [-0.3, -0.25) is 14.5 Å². The van der Waals surface area contributed by atoms with E-state index in [0.29, 0.717) is 19.5 Å². The van der Waals surface area contributed by atoms with E-state index in [1.807, 2.05) is 11.8 Å². The van der Waals surface area contributed by atoms with Gasteiger partial charge in [-0.25, -0.2) is 0 Å². The molecule has 0 aromatic heterocycles. The molecule has 1 saturated heterocycles. The summed E-state index contributed by atoms with van der Waals surface area (Å²) in [6.45, 7) is 6.86. The molecule has 0 aromatic rings. The average molecular weight is 285 g/mol. The molecule has 4 atom stereocenters. The number of carbonyl (C=O) groups is 2. The van der Waals surface area contributed by atoms with E-state index < -0.39 is 12.0 Å². The van der Waals surface area contributed by atoms with Crippen LogP contribution in [0.2, 0.25) is 0 Å². The van der Waals surface area contributed by atoms with Crippen LogP contribution in [0.1, 0.15) is 40.0 Å². The molecule has 6 nitrogen and oxygen atoms in total. The molecule has 1 rings (SSSR count).